The lowest BCUT2D eigenvalue weighted by atomic mass is 10.6. The van der Waals surface area contributed by atoms with Crippen LogP contribution in [0.5, 0.6) is 0 Å². The molecule has 0 aliphatic rings. The SMILES string of the molecule is COCCN(CCBr)S(=O)(=O)c1cc(Cl)c(Br)s1. The first kappa shape index (κ1) is 16.9. The summed E-state index contributed by atoms with van der Waals surface area (Å²) in [4.78, 5) is 0. The lowest BCUT2D eigenvalue weighted by Crippen LogP contribution is -2.35. The van der Waals surface area contributed by atoms with E-state index in [-0.39, 0.29) is 4.21 Å². The maximum atomic E-state index is 12.4. The Labute approximate surface area is 133 Å². The van der Waals surface area contributed by atoms with Gasteiger partial charge in [0.15, 0.2) is 0 Å². The third-order valence-electron chi connectivity index (χ3n) is 2.10. The molecule has 0 spiro atoms. The van der Waals surface area contributed by atoms with Crippen molar-refractivity contribution in [1.29, 1.82) is 0 Å². The molecule has 0 radical (unpaired) electrons. The van der Waals surface area contributed by atoms with Gasteiger partial charge in [0, 0.05) is 25.5 Å². The highest BCUT2D eigenvalue weighted by atomic mass is 79.9. The number of sulfonamides is 1. The van der Waals surface area contributed by atoms with Gasteiger partial charge in [0.25, 0.3) is 10.0 Å². The smallest absolute Gasteiger partial charge is 0.252 e. The number of rotatable bonds is 7. The average Bonchev–Trinajstić information content (AvgIpc) is 2.65. The summed E-state index contributed by atoms with van der Waals surface area (Å²) in [6, 6.07) is 1.46. The molecular formula is C9H12Br2ClNO3S2. The third-order valence-corrected chi connectivity index (χ3v) is 7.27. The molecule has 0 aromatic carbocycles. The minimum Gasteiger partial charge on any atom is -0.383 e. The molecule has 0 N–H and O–H groups in total. The Morgan fingerprint density at radius 2 is 2.17 bits per heavy atom. The summed E-state index contributed by atoms with van der Waals surface area (Å²) in [6.45, 7) is 1.06. The Kier molecular flexibility index (Phi) is 7.09. The summed E-state index contributed by atoms with van der Waals surface area (Å²) in [6.07, 6.45) is 0. The minimum atomic E-state index is -3.51. The highest BCUT2D eigenvalue weighted by Crippen LogP contribution is 2.35. The van der Waals surface area contributed by atoms with Gasteiger partial charge in [0.05, 0.1) is 15.4 Å². The summed E-state index contributed by atoms with van der Waals surface area (Å²) in [7, 11) is -1.97. The van der Waals surface area contributed by atoms with E-state index in [0.717, 1.165) is 11.3 Å². The number of alkyl halides is 1. The maximum Gasteiger partial charge on any atom is 0.252 e. The minimum absolute atomic E-state index is 0.233. The molecule has 18 heavy (non-hydrogen) atoms. The second kappa shape index (κ2) is 7.56. The molecule has 0 saturated heterocycles. The van der Waals surface area contributed by atoms with Crippen LogP contribution in [0.3, 0.4) is 0 Å². The number of hydrogen-bond acceptors (Lipinski definition) is 4. The van der Waals surface area contributed by atoms with Crippen molar-refractivity contribution in [1.82, 2.24) is 4.31 Å². The van der Waals surface area contributed by atoms with Crippen molar-refractivity contribution in [3.8, 4) is 0 Å². The van der Waals surface area contributed by atoms with Gasteiger partial charge in [-0.25, -0.2) is 8.42 Å². The predicted molar refractivity (Wildman–Crippen MR) is 81.5 cm³/mol. The van der Waals surface area contributed by atoms with E-state index in [1.165, 1.54) is 17.5 Å². The molecule has 0 amide bonds. The van der Waals surface area contributed by atoms with Crippen LogP contribution in [-0.4, -0.2) is 44.9 Å². The number of thiophene rings is 1. The highest BCUT2D eigenvalue weighted by Gasteiger charge is 2.26. The normalized spacial score (nSPS) is 12.3. The molecule has 0 atom stereocenters. The van der Waals surface area contributed by atoms with Crippen LogP contribution in [0.15, 0.2) is 14.1 Å². The van der Waals surface area contributed by atoms with E-state index in [0.29, 0.717) is 33.8 Å². The molecule has 9 heteroatoms. The van der Waals surface area contributed by atoms with Crippen LogP contribution < -0.4 is 0 Å². The van der Waals surface area contributed by atoms with Crippen molar-refractivity contribution in [2.24, 2.45) is 0 Å². The summed E-state index contributed by atoms with van der Waals surface area (Å²) in [5.41, 5.74) is 0. The van der Waals surface area contributed by atoms with Gasteiger partial charge >= 0.3 is 0 Å². The van der Waals surface area contributed by atoms with E-state index in [9.17, 15) is 8.42 Å². The molecule has 1 heterocycles. The zero-order chi connectivity index (χ0) is 13.8. The average molecular weight is 442 g/mol. The van der Waals surface area contributed by atoms with Crippen LogP contribution in [0.25, 0.3) is 0 Å². The lowest BCUT2D eigenvalue weighted by molar-refractivity contribution is 0.181. The first-order valence-corrected chi connectivity index (χ1v) is 9.48. The second-order valence-electron chi connectivity index (χ2n) is 3.27. The van der Waals surface area contributed by atoms with E-state index in [2.05, 4.69) is 31.9 Å². The van der Waals surface area contributed by atoms with Gasteiger partial charge in [0.2, 0.25) is 0 Å². The molecular weight excluding hydrogens is 429 g/mol. The Balaban J connectivity index is 3.00. The lowest BCUT2D eigenvalue weighted by Gasteiger charge is -2.19. The van der Waals surface area contributed by atoms with Gasteiger partial charge in [-0.05, 0) is 22.0 Å². The fourth-order valence-electron chi connectivity index (χ4n) is 1.22. The zero-order valence-corrected chi connectivity index (χ0v) is 15.1. The molecule has 1 aromatic rings. The largest absolute Gasteiger partial charge is 0.383 e. The van der Waals surface area contributed by atoms with E-state index in [4.69, 9.17) is 16.3 Å². The quantitative estimate of drug-likeness (QED) is 0.611. The number of hydrogen-bond donors (Lipinski definition) is 0. The van der Waals surface area contributed by atoms with E-state index < -0.39 is 10.0 Å². The van der Waals surface area contributed by atoms with Crippen molar-refractivity contribution in [2.45, 2.75) is 4.21 Å². The third kappa shape index (κ3) is 4.16. The fraction of sp³-hybridized carbons (Fsp3) is 0.556. The zero-order valence-electron chi connectivity index (χ0n) is 9.53. The monoisotopic (exact) mass is 439 g/mol. The van der Waals surface area contributed by atoms with Crippen LogP contribution in [0, 0.1) is 0 Å². The van der Waals surface area contributed by atoms with Crippen LogP contribution in [0.4, 0.5) is 0 Å². The van der Waals surface area contributed by atoms with E-state index in [1.807, 2.05) is 0 Å². The molecule has 1 rings (SSSR count). The number of methoxy groups -OCH3 is 1. The van der Waals surface area contributed by atoms with Crippen LogP contribution in [0.1, 0.15) is 0 Å². The Hall–Kier alpha value is 0.820. The Morgan fingerprint density at radius 3 is 2.61 bits per heavy atom. The standard InChI is InChI=1S/C9H12Br2ClNO3S2/c1-16-5-4-13(3-2-10)18(14,15)8-6-7(12)9(11)17-8/h6H,2-5H2,1H3. The van der Waals surface area contributed by atoms with Crippen molar-refractivity contribution in [2.75, 3.05) is 32.1 Å². The summed E-state index contributed by atoms with van der Waals surface area (Å²) >= 11 is 13.4. The Morgan fingerprint density at radius 1 is 1.50 bits per heavy atom. The van der Waals surface area contributed by atoms with Gasteiger partial charge in [-0.1, -0.05) is 27.5 Å². The molecule has 0 unspecified atom stereocenters. The molecule has 104 valence electrons. The summed E-state index contributed by atoms with van der Waals surface area (Å²) in [5, 5.41) is 0.972. The van der Waals surface area contributed by atoms with E-state index in [1.54, 1.807) is 0 Å². The van der Waals surface area contributed by atoms with Gasteiger partial charge in [-0.15, -0.1) is 11.3 Å². The summed E-state index contributed by atoms with van der Waals surface area (Å²) in [5.74, 6) is 0. The van der Waals surface area contributed by atoms with Crippen LogP contribution in [0.2, 0.25) is 5.02 Å². The van der Waals surface area contributed by atoms with Crippen molar-refractivity contribution < 1.29 is 13.2 Å². The van der Waals surface area contributed by atoms with Crippen molar-refractivity contribution >= 4 is 64.8 Å². The fourth-order valence-corrected chi connectivity index (χ4v) is 5.86. The Bertz CT molecular complexity index is 473. The molecule has 0 saturated carbocycles. The van der Waals surface area contributed by atoms with Crippen LogP contribution in [-0.2, 0) is 14.8 Å². The maximum absolute atomic E-state index is 12.4. The summed E-state index contributed by atoms with van der Waals surface area (Å²) < 4.78 is 31.9. The number of nitrogens with zero attached hydrogens (tertiary/aromatic N) is 1. The first-order valence-electron chi connectivity index (χ1n) is 4.93. The topological polar surface area (TPSA) is 46.6 Å². The molecule has 0 aliphatic heterocycles. The highest BCUT2D eigenvalue weighted by molar-refractivity contribution is 9.11. The second-order valence-corrected chi connectivity index (χ2v) is 9.01. The number of ether oxygens (including phenoxy) is 1. The van der Waals surface area contributed by atoms with Crippen LogP contribution >= 0.6 is 54.8 Å². The first-order chi connectivity index (χ1) is 8.43. The molecule has 0 fully saturated rings. The number of halogens is 3. The molecule has 0 bridgehead atoms. The van der Waals surface area contributed by atoms with Gasteiger partial charge in [-0.2, -0.15) is 4.31 Å². The predicted octanol–water partition coefficient (Wildman–Crippen LogP) is 3.20. The van der Waals surface area contributed by atoms with Crippen molar-refractivity contribution in [3.63, 3.8) is 0 Å². The molecule has 4 nitrogen and oxygen atoms in total. The van der Waals surface area contributed by atoms with Gasteiger partial charge in [-0.3, -0.25) is 0 Å². The van der Waals surface area contributed by atoms with Gasteiger partial charge in [0.1, 0.15) is 4.21 Å². The van der Waals surface area contributed by atoms with Crippen molar-refractivity contribution in [3.05, 3.63) is 14.9 Å². The van der Waals surface area contributed by atoms with E-state index >= 15 is 0 Å². The molecule has 0 aliphatic carbocycles. The molecule has 1 aromatic heterocycles. The van der Waals surface area contributed by atoms with Gasteiger partial charge < -0.3 is 4.74 Å².